The molecule has 0 fully saturated rings. The van der Waals surface area contributed by atoms with Crippen LogP contribution in [0.2, 0.25) is 0 Å². The van der Waals surface area contributed by atoms with Crippen LogP contribution in [-0.4, -0.2) is 10.9 Å². The number of hydrogen-bond acceptors (Lipinski definition) is 4. The average molecular weight is 413 g/mol. The van der Waals surface area contributed by atoms with Crippen molar-refractivity contribution in [3.05, 3.63) is 95.4 Å². The predicted molar refractivity (Wildman–Crippen MR) is 122 cm³/mol. The number of carbonyl (C=O) groups excluding carboxylic acids is 1. The van der Waals surface area contributed by atoms with Gasteiger partial charge in [-0.3, -0.25) is 9.69 Å². The second-order valence-corrected chi connectivity index (χ2v) is 8.44. The summed E-state index contributed by atoms with van der Waals surface area (Å²) in [5.74, 6) is 0.627. The normalized spacial score (nSPS) is 11.3. The molecule has 4 nitrogen and oxygen atoms in total. The van der Waals surface area contributed by atoms with Gasteiger partial charge in [0.25, 0.3) is 5.91 Å². The minimum absolute atomic E-state index is 0.0921. The number of aryl methyl sites for hydroxylation is 2. The van der Waals surface area contributed by atoms with E-state index < -0.39 is 0 Å². The highest BCUT2D eigenvalue weighted by molar-refractivity contribution is 7.22. The maximum absolute atomic E-state index is 13.6. The van der Waals surface area contributed by atoms with Crippen LogP contribution >= 0.6 is 11.3 Å². The number of carbonyl (C=O) groups is 1. The van der Waals surface area contributed by atoms with Crippen LogP contribution in [0.15, 0.2) is 77.4 Å². The van der Waals surface area contributed by atoms with Crippen LogP contribution in [-0.2, 0) is 6.54 Å². The first-order valence-corrected chi connectivity index (χ1v) is 10.6. The molecule has 1 amide bonds. The van der Waals surface area contributed by atoms with E-state index in [4.69, 9.17) is 9.40 Å². The van der Waals surface area contributed by atoms with E-state index in [9.17, 15) is 4.79 Å². The van der Waals surface area contributed by atoms with Gasteiger partial charge in [0.15, 0.2) is 5.13 Å². The molecule has 2 heterocycles. The zero-order valence-corrected chi connectivity index (χ0v) is 17.6. The zero-order valence-electron chi connectivity index (χ0n) is 16.8. The quantitative estimate of drug-likeness (QED) is 0.338. The molecule has 148 valence electrons. The fraction of sp³-hybridized carbons (Fsp3) is 0.120. The Morgan fingerprint density at radius 2 is 1.83 bits per heavy atom. The maximum Gasteiger partial charge on any atom is 0.260 e. The highest BCUT2D eigenvalue weighted by Gasteiger charge is 2.23. The number of thiazole rings is 1. The first-order chi connectivity index (χ1) is 14.6. The van der Waals surface area contributed by atoms with Crippen molar-refractivity contribution < 1.29 is 9.21 Å². The van der Waals surface area contributed by atoms with Gasteiger partial charge in [-0.25, -0.2) is 4.98 Å². The van der Waals surface area contributed by atoms with Crippen molar-refractivity contribution in [3.8, 4) is 0 Å². The fourth-order valence-electron chi connectivity index (χ4n) is 3.74. The van der Waals surface area contributed by atoms with Crippen molar-refractivity contribution in [1.82, 2.24) is 4.98 Å². The molecule has 0 aliphatic rings. The molecule has 0 aliphatic heterocycles. The summed E-state index contributed by atoms with van der Waals surface area (Å²) in [5.41, 5.74) is 3.89. The van der Waals surface area contributed by atoms with E-state index in [1.807, 2.05) is 54.6 Å². The summed E-state index contributed by atoms with van der Waals surface area (Å²) in [4.78, 5) is 20.1. The number of benzene rings is 3. The number of fused-ring (bicyclic) bond motifs is 2. The molecule has 0 saturated heterocycles. The molecule has 0 radical (unpaired) electrons. The summed E-state index contributed by atoms with van der Waals surface area (Å²) in [7, 11) is 0. The van der Waals surface area contributed by atoms with Crippen LogP contribution < -0.4 is 4.90 Å². The van der Waals surface area contributed by atoms with Gasteiger partial charge in [-0.05, 0) is 66.1 Å². The van der Waals surface area contributed by atoms with Gasteiger partial charge < -0.3 is 4.42 Å². The van der Waals surface area contributed by atoms with Crippen molar-refractivity contribution in [2.45, 2.75) is 20.4 Å². The molecule has 5 aromatic rings. The van der Waals surface area contributed by atoms with Crippen LogP contribution in [0.3, 0.4) is 0 Å². The molecule has 0 N–H and O–H groups in total. The molecule has 0 spiro atoms. The van der Waals surface area contributed by atoms with E-state index in [-0.39, 0.29) is 5.91 Å². The van der Waals surface area contributed by atoms with Crippen molar-refractivity contribution >= 4 is 43.4 Å². The Bertz CT molecular complexity index is 1370. The Morgan fingerprint density at radius 3 is 2.63 bits per heavy atom. The van der Waals surface area contributed by atoms with Crippen LogP contribution in [0.5, 0.6) is 0 Å². The molecule has 2 aromatic heterocycles. The third-order valence-corrected chi connectivity index (χ3v) is 6.40. The molecule has 5 heteroatoms. The number of furan rings is 1. The third-order valence-electron chi connectivity index (χ3n) is 5.18. The molecular weight excluding hydrogens is 392 g/mol. The number of nitrogens with zero attached hydrogens (tertiary/aromatic N) is 2. The van der Waals surface area contributed by atoms with Gasteiger partial charge in [0, 0.05) is 5.56 Å². The first-order valence-electron chi connectivity index (χ1n) is 9.79. The van der Waals surface area contributed by atoms with Crippen molar-refractivity contribution in [1.29, 1.82) is 0 Å². The smallest absolute Gasteiger partial charge is 0.260 e. The molecular formula is C25H20N2O2S. The minimum atomic E-state index is -0.0921. The van der Waals surface area contributed by atoms with Crippen LogP contribution in [0.4, 0.5) is 5.13 Å². The summed E-state index contributed by atoms with van der Waals surface area (Å²) >= 11 is 1.54. The average Bonchev–Trinajstić information content (AvgIpc) is 3.41. The second kappa shape index (κ2) is 7.43. The molecule has 5 rings (SSSR count). The Balaban J connectivity index is 1.60. The van der Waals surface area contributed by atoms with Crippen LogP contribution in [0.1, 0.15) is 27.2 Å². The van der Waals surface area contributed by atoms with Crippen LogP contribution in [0, 0.1) is 13.8 Å². The topological polar surface area (TPSA) is 46.3 Å². The fourth-order valence-corrected chi connectivity index (χ4v) is 4.76. The Morgan fingerprint density at radius 1 is 1.00 bits per heavy atom. The van der Waals surface area contributed by atoms with Gasteiger partial charge in [-0.15, -0.1) is 0 Å². The van der Waals surface area contributed by atoms with E-state index in [1.165, 1.54) is 5.56 Å². The summed E-state index contributed by atoms with van der Waals surface area (Å²) in [6, 6.07) is 21.8. The van der Waals surface area contributed by atoms with Gasteiger partial charge in [0.05, 0.1) is 23.0 Å². The van der Waals surface area contributed by atoms with E-state index in [0.29, 0.717) is 17.2 Å². The summed E-state index contributed by atoms with van der Waals surface area (Å²) in [6.07, 6.45) is 1.62. The van der Waals surface area contributed by atoms with Gasteiger partial charge >= 0.3 is 0 Å². The highest BCUT2D eigenvalue weighted by Crippen LogP contribution is 2.34. The number of anilines is 1. The Kier molecular flexibility index (Phi) is 4.60. The Hall–Kier alpha value is -3.44. The molecule has 30 heavy (non-hydrogen) atoms. The van der Waals surface area contributed by atoms with E-state index in [0.717, 1.165) is 32.3 Å². The van der Waals surface area contributed by atoms with E-state index in [2.05, 4.69) is 26.0 Å². The molecule has 3 aromatic carbocycles. The van der Waals surface area contributed by atoms with Crippen molar-refractivity contribution in [2.24, 2.45) is 0 Å². The predicted octanol–water partition coefficient (Wildman–Crippen LogP) is 6.51. The van der Waals surface area contributed by atoms with Crippen molar-refractivity contribution in [3.63, 3.8) is 0 Å². The Labute approximate surface area is 178 Å². The number of rotatable bonds is 4. The van der Waals surface area contributed by atoms with Gasteiger partial charge in [-0.1, -0.05) is 47.7 Å². The largest absolute Gasteiger partial charge is 0.467 e. The molecule has 0 aliphatic carbocycles. The standard InChI is InChI=1S/C25H20N2O2S/c1-16-12-17(2)23-22(13-16)26-25(30-23)27(15-21-8-5-11-29-21)24(28)20-10-9-18-6-3-4-7-19(18)14-20/h3-14H,15H2,1-2H3. The van der Waals surface area contributed by atoms with E-state index >= 15 is 0 Å². The molecule has 0 unspecified atom stereocenters. The van der Waals surface area contributed by atoms with Crippen molar-refractivity contribution in [2.75, 3.05) is 4.90 Å². The van der Waals surface area contributed by atoms with Gasteiger partial charge in [-0.2, -0.15) is 0 Å². The third kappa shape index (κ3) is 3.37. The molecule has 0 bridgehead atoms. The first kappa shape index (κ1) is 18.6. The summed E-state index contributed by atoms with van der Waals surface area (Å²) in [5, 5.41) is 2.82. The highest BCUT2D eigenvalue weighted by atomic mass is 32.1. The maximum atomic E-state index is 13.6. The monoisotopic (exact) mass is 412 g/mol. The number of aromatic nitrogens is 1. The minimum Gasteiger partial charge on any atom is -0.467 e. The lowest BCUT2D eigenvalue weighted by atomic mass is 10.1. The number of hydrogen-bond donors (Lipinski definition) is 0. The number of amides is 1. The van der Waals surface area contributed by atoms with Gasteiger partial charge in [0.1, 0.15) is 5.76 Å². The lowest BCUT2D eigenvalue weighted by Gasteiger charge is -2.19. The molecule has 0 saturated carbocycles. The lowest BCUT2D eigenvalue weighted by Crippen LogP contribution is -2.30. The zero-order chi connectivity index (χ0) is 20.7. The summed E-state index contributed by atoms with van der Waals surface area (Å²) in [6.45, 7) is 4.47. The van der Waals surface area contributed by atoms with Crippen LogP contribution in [0.25, 0.3) is 21.0 Å². The molecule has 0 atom stereocenters. The van der Waals surface area contributed by atoms with E-state index in [1.54, 1.807) is 22.5 Å². The SMILES string of the molecule is Cc1cc(C)c2sc(N(Cc3ccco3)C(=O)c3ccc4ccccc4c3)nc2c1. The van der Waals surface area contributed by atoms with Gasteiger partial charge in [0.2, 0.25) is 0 Å². The second-order valence-electron chi connectivity index (χ2n) is 7.46. The lowest BCUT2D eigenvalue weighted by molar-refractivity contribution is 0.0983. The summed E-state index contributed by atoms with van der Waals surface area (Å²) < 4.78 is 6.64.